The van der Waals surface area contributed by atoms with Crippen LogP contribution in [0.3, 0.4) is 0 Å². The zero-order valence-electron chi connectivity index (χ0n) is 17.4. The first-order valence-electron chi connectivity index (χ1n) is 10.6. The van der Waals surface area contributed by atoms with E-state index in [4.69, 9.17) is 14.6 Å². The van der Waals surface area contributed by atoms with Crippen LogP contribution in [0, 0.1) is 5.92 Å². The molecule has 1 aliphatic carbocycles. The number of ether oxygens (including phenoxy) is 1. The van der Waals surface area contributed by atoms with E-state index in [0.29, 0.717) is 6.61 Å². The largest absolute Gasteiger partial charge is 0.490 e. The number of carbonyl (C=O) groups is 2. The van der Waals surface area contributed by atoms with Gasteiger partial charge in [0, 0.05) is 38.9 Å². The van der Waals surface area contributed by atoms with Crippen LogP contribution in [0.25, 0.3) is 0 Å². The maximum absolute atomic E-state index is 12.1. The second-order valence-corrected chi connectivity index (χ2v) is 8.34. The average Bonchev–Trinajstić information content (AvgIpc) is 3.36. The molecule has 11 heteroatoms. The van der Waals surface area contributed by atoms with Crippen molar-refractivity contribution in [1.82, 2.24) is 19.4 Å². The highest BCUT2D eigenvalue weighted by molar-refractivity contribution is 5.77. The van der Waals surface area contributed by atoms with Crippen LogP contribution in [-0.4, -0.2) is 81.9 Å². The second-order valence-electron chi connectivity index (χ2n) is 8.34. The van der Waals surface area contributed by atoms with Gasteiger partial charge in [-0.05, 0) is 31.6 Å². The molecule has 1 unspecified atom stereocenters. The Bertz CT molecular complexity index is 745. The molecular weight excluding hydrogens is 417 g/mol. The molecular formula is C20H29F3N4O4. The lowest BCUT2D eigenvalue weighted by molar-refractivity contribution is -0.192. The summed E-state index contributed by atoms with van der Waals surface area (Å²) in [7, 11) is 0. The first-order chi connectivity index (χ1) is 14.7. The molecule has 1 saturated heterocycles. The number of rotatable bonds is 6. The van der Waals surface area contributed by atoms with Gasteiger partial charge in [-0.15, -0.1) is 0 Å². The zero-order valence-corrected chi connectivity index (χ0v) is 17.4. The zero-order chi connectivity index (χ0) is 22.4. The number of alkyl halides is 3. The van der Waals surface area contributed by atoms with E-state index in [1.54, 1.807) is 0 Å². The van der Waals surface area contributed by atoms with Crippen LogP contribution < -0.4 is 0 Å². The molecule has 0 radical (unpaired) electrons. The molecule has 2 aliphatic heterocycles. The number of imidazole rings is 1. The Morgan fingerprint density at radius 3 is 2.45 bits per heavy atom. The highest BCUT2D eigenvalue weighted by Gasteiger charge is 2.38. The average molecular weight is 446 g/mol. The molecule has 0 aromatic carbocycles. The van der Waals surface area contributed by atoms with Gasteiger partial charge in [0.1, 0.15) is 6.61 Å². The third kappa shape index (κ3) is 6.67. The Kier molecular flexibility index (Phi) is 7.93. The second kappa shape index (κ2) is 10.4. The number of aliphatic carboxylic acids is 1. The minimum absolute atomic E-state index is 0.139. The molecule has 31 heavy (non-hydrogen) atoms. The molecule has 3 aliphatic rings. The molecule has 4 rings (SSSR count). The number of aromatic nitrogens is 2. The van der Waals surface area contributed by atoms with E-state index >= 15 is 0 Å². The van der Waals surface area contributed by atoms with Crippen LogP contribution >= 0.6 is 0 Å². The Labute approximate surface area is 179 Å². The lowest BCUT2D eigenvalue weighted by atomic mass is 9.85. The molecule has 0 bridgehead atoms. The first-order valence-corrected chi connectivity index (χ1v) is 10.6. The van der Waals surface area contributed by atoms with Crippen LogP contribution in [0.15, 0.2) is 12.5 Å². The van der Waals surface area contributed by atoms with Gasteiger partial charge in [0.25, 0.3) is 0 Å². The van der Waals surface area contributed by atoms with Gasteiger partial charge >= 0.3 is 12.1 Å². The van der Waals surface area contributed by atoms with Crippen molar-refractivity contribution < 1.29 is 32.6 Å². The van der Waals surface area contributed by atoms with E-state index in [-0.39, 0.29) is 18.6 Å². The van der Waals surface area contributed by atoms with Crippen LogP contribution in [-0.2, 0) is 20.9 Å². The summed E-state index contributed by atoms with van der Waals surface area (Å²) in [6.45, 7) is 5.76. The molecule has 174 valence electrons. The molecule has 2 fully saturated rings. The summed E-state index contributed by atoms with van der Waals surface area (Å²) in [5.41, 5.74) is 1.26. The smallest absolute Gasteiger partial charge is 0.475 e. The molecule has 8 nitrogen and oxygen atoms in total. The van der Waals surface area contributed by atoms with Crippen molar-refractivity contribution in [3.05, 3.63) is 18.2 Å². The van der Waals surface area contributed by atoms with Gasteiger partial charge in [-0.25, -0.2) is 9.78 Å². The minimum Gasteiger partial charge on any atom is -0.475 e. The molecule has 1 aromatic heterocycles. The number of nitrogens with zero attached hydrogens (tertiary/aromatic N) is 4. The van der Waals surface area contributed by atoms with Crippen LogP contribution in [0.1, 0.15) is 43.8 Å². The van der Waals surface area contributed by atoms with Crippen LogP contribution in [0.5, 0.6) is 0 Å². The van der Waals surface area contributed by atoms with Gasteiger partial charge < -0.3 is 19.3 Å². The fraction of sp³-hybridized carbons (Fsp3) is 0.750. The monoisotopic (exact) mass is 446 g/mol. The van der Waals surface area contributed by atoms with Crippen molar-refractivity contribution in [3.63, 3.8) is 0 Å². The SMILES string of the molecule is O=C(COCC1CN(CC2CCC2)Cc2cncn21)N1CCCC1.O=C(O)C(F)(F)F. The quantitative estimate of drug-likeness (QED) is 0.722. The maximum Gasteiger partial charge on any atom is 0.490 e. The third-order valence-corrected chi connectivity index (χ3v) is 5.97. The number of carboxylic acid groups (broad SMARTS) is 1. The number of carboxylic acids is 1. The molecule has 1 amide bonds. The molecule has 1 atom stereocenters. The van der Waals surface area contributed by atoms with Gasteiger partial charge in [-0.1, -0.05) is 6.42 Å². The van der Waals surface area contributed by atoms with Crippen molar-refractivity contribution in [3.8, 4) is 0 Å². The summed E-state index contributed by atoms with van der Waals surface area (Å²) < 4.78 is 39.8. The predicted molar refractivity (Wildman–Crippen MR) is 104 cm³/mol. The maximum atomic E-state index is 12.1. The van der Waals surface area contributed by atoms with Crippen molar-refractivity contribution in [2.24, 2.45) is 5.92 Å². The van der Waals surface area contributed by atoms with Crippen LogP contribution in [0.2, 0.25) is 0 Å². The lowest BCUT2D eigenvalue weighted by Gasteiger charge is -2.38. The number of amides is 1. The van der Waals surface area contributed by atoms with E-state index < -0.39 is 12.1 Å². The Morgan fingerprint density at radius 2 is 1.87 bits per heavy atom. The first kappa shape index (κ1) is 23.5. The number of likely N-dealkylation sites (tertiary alicyclic amines) is 1. The molecule has 1 saturated carbocycles. The molecule has 0 spiro atoms. The van der Waals surface area contributed by atoms with Crippen molar-refractivity contribution in [2.45, 2.75) is 50.9 Å². The summed E-state index contributed by atoms with van der Waals surface area (Å²) >= 11 is 0. The van der Waals surface area contributed by atoms with Gasteiger partial charge in [0.2, 0.25) is 5.91 Å². The fourth-order valence-corrected chi connectivity index (χ4v) is 4.12. The highest BCUT2D eigenvalue weighted by atomic mass is 19.4. The number of carbonyl (C=O) groups excluding carboxylic acids is 1. The summed E-state index contributed by atoms with van der Waals surface area (Å²) in [4.78, 5) is 29.8. The van der Waals surface area contributed by atoms with Gasteiger partial charge in [-0.3, -0.25) is 9.69 Å². The third-order valence-electron chi connectivity index (χ3n) is 5.97. The summed E-state index contributed by atoms with van der Waals surface area (Å²) in [6, 6.07) is 0.266. The van der Waals surface area contributed by atoms with E-state index in [9.17, 15) is 18.0 Å². The van der Waals surface area contributed by atoms with E-state index in [1.807, 2.05) is 17.4 Å². The van der Waals surface area contributed by atoms with Crippen LogP contribution in [0.4, 0.5) is 13.2 Å². The van der Waals surface area contributed by atoms with Gasteiger partial charge in [0.15, 0.2) is 0 Å². The molecule has 1 N–H and O–H groups in total. The topological polar surface area (TPSA) is 87.9 Å². The van der Waals surface area contributed by atoms with Gasteiger partial charge in [-0.2, -0.15) is 13.2 Å². The fourth-order valence-electron chi connectivity index (χ4n) is 4.12. The van der Waals surface area contributed by atoms with E-state index in [1.165, 1.54) is 31.5 Å². The number of fused-ring (bicyclic) bond motifs is 1. The van der Waals surface area contributed by atoms with Crippen molar-refractivity contribution in [1.29, 1.82) is 0 Å². The van der Waals surface area contributed by atoms with E-state index in [0.717, 1.165) is 44.9 Å². The summed E-state index contributed by atoms with van der Waals surface area (Å²) in [5.74, 6) is -1.74. The van der Waals surface area contributed by atoms with Gasteiger partial charge in [0.05, 0.1) is 24.7 Å². The minimum atomic E-state index is -5.08. The van der Waals surface area contributed by atoms with E-state index in [2.05, 4.69) is 14.5 Å². The lowest BCUT2D eigenvalue weighted by Crippen LogP contribution is -2.42. The standard InChI is InChI=1S/C18H28N4O2.C2HF3O2/c23-18(21-6-1-2-7-21)13-24-12-17-11-20(9-15-4-3-5-15)10-16-8-19-14-22(16)17;3-2(4,5)1(6)7/h8,14-15,17H,1-7,9-13H2;(H,6,7). The number of hydrogen-bond donors (Lipinski definition) is 1. The predicted octanol–water partition coefficient (Wildman–Crippen LogP) is 2.31. The molecule has 1 aromatic rings. The Hall–Kier alpha value is -2.14. The van der Waals surface area contributed by atoms with Crippen molar-refractivity contribution in [2.75, 3.05) is 39.4 Å². The number of halogens is 3. The normalized spacial score (nSPS) is 21.8. The molecule has 3 heterocycles. The number of hydrogen-bond acceptors (Lipinski definition) is 5. The Morgan fingerprint density at radius 1 is 1.19 bits per heavy atom. The summed E-state index contributed by atoms with van der Waals surface area (Å²) in [5, 5.41) is 7.12. The Balaban J connectivity index is 0.000000339. The summed E-state index contributed by atoms with van der Waals surface area (Å²) in [6.07, 6.45) is 5.19. The van der Waals surface area contributed by atoms with Crippen molar-refractivity contribution >= 4 is 11.9 Å². The highest BCUT2D eigenvalue weighted by Crippen LogP contribution is 2.30.